The zero-order valence-electron chi connectivity index (χ0n) is 15.8. The van der Waals surface area contributed by atoms with Crippen LogP contribution in [0.2, 0.25) is 0 Å². The van der Waals surface area contributed by atoms with Crippen LogP contribution in [-0.2, 0) is 16.8 Å². The van der Waals surface area contributed by atoms with Crippen LogP contribution in [0.15, 0.2) is 24.3 Å². The van der Waals surface area contributed by atoms with Gasteiger partial charge in [-0.15, -0.1) is 0 Å². The Hall–Kier alpha value is -1.36. The molecule has 1 aromatic heterocycles. The van der Waals surface area contributed by atoms with Gasteiger partial charge in [-0.05, 0) is 44.9 Å². The van der Waals surface area contributed by atoms with Gasteiger partial charge in [0.1, 0.15) is 5.60 Å². The van der Waals surface area contributed by atoms with Gasteiger partial charge in [-0.3, -0.25) is 0 Å². The second kappa shape index (κ2) is 7.90. The third-order valence-electron chi connectivity index (χ3n) is 5.94. The lowest BCUT2D eigenvalue weighted by molar-refractivity contribution is -0.106. The number of fused-ring (bicyclic) bond motifs is 3. The smallest absolute Gasteiger partial charge is 0.110 e. The van der Waals surface area contributed by atoms with Gasteiger partial charge in [0.2, 0.25) is 0 Å². The molecule has 138 valence electrons. The van der Waals surface area contributed by atoms with Crippen LogP contribution in [0.5, 0.6) is 0 Å². The van der Waals surface area contributed by atoms with Gasteiger partial charge in [-0.2, -0.15) is 0 Å². The monoisotopic (exact) mass is 344 g/mol. The van der Waals surface area contributed by atoms with Crippen molar-refractivity contribution in [2.24, 2.45) is 5.92 Å². The maximum absolute atomic E-state index is 9.75. The van der Waals surface area contributed by atoms with E-state index in [2.05, 4.69) is 48.4 Å². The van der Waals surface area contributed by atoms with Crippen molar-refractivity contribution in [2.45, 2.75) is 57.6 Å². The average molecular weight is 344 g/mol. The minimum absolute atomic E-state index is 0.184. The third kappa shape index (κ3) is 3.35. The lowest BCUT2D eigenvalue weighted by atomic mass is 9.75. The Morgan fingerprint density at radius 1 is 1.32 bits per heavy atom. The summed E-state index contributed by atoms with van der Waals surface area (Å²) >= 11 is 0. The first-order valence-electron chi connectivity index (χ1n) is 9.67. The zero-order chi connectivity index (χ0) is 17.9. The maximum Gasteiger partial charge on any atom is 0.110 e. The second-order valence-electron chi connectivity index (χ2n) is 7.39. The van der Waals surface area contributed by atoms with Gasteiger partial charge in [-0.1, -0.05) is 38.0 Å². The number of hydrogen-bond donors (Lipinski definition) is 3. The molecule has 0 spiro atoms. The van der Waals surface area contributed by atoms with Gasteiger partial charge >= 0.3 is 0 Å². The van der Waals surface area contributed by atoms with Crippen LogP contribution in [-0.4, -0.2) is 36.4 Å². The van der Waals surface area contributed by atoms with Crippen LogP contribution in [0.1, 0.15) is 50.8 Å². The molecule has 25 heavy (non-hydrogen) atoms. The van der Waals surface area contributed by atoms with Crippen molar-refractivity contribution in [1.29, 1.82) is 0 Å². The average Bonchev–Trinajstić information content (AvgIpc) is 3.02. The van der Waals surface area contributed by atoms with E-state index in [4.69, 9.17) is 4.74 Å². The summed E-state index contributed by atoms with van der Waals surface area (Å²) in [6.07, 6.45) is 5.15. The van der Waals surface area contributed by atoms with E-state index in [1.165, 1.54) is 35.0 Å². The molecule has 1 aliphatic heterocycles. The molecule has 4 heteroatoms. The van der Waals surface area contributed by atoms with Crippen LogP contribution in [0.4, 0.5) is 0 Å². The van der Waals surface area contributed by atoms with Crippen LogP contribution in [0.3, 0.4) is 0 Å². The molecule has 2 heterocycles. The Balaban J connectivity index is 2.04. The molecule has 3 atom stereocenters. The van der Waals surface area contributed by atoms with Crippen molar-refractivity contribution in [3.05, 3.63) is 35.5 Å². The first kappa shape index (κ1) is 18.4. The molecule has 3 N–H and O–H groups in total. The van der Waals surface area contributed by atoms with Crippen molar-refractivity contribution in [3.8, 4) is 0 Å². The van der Waals surface area contributed by atoms with Gasteiger partial charge in [0.25, 0.3) is 0 Å². The molecule has 0 radical (unpaired) electrons. The predicted octanol–water partition coefficient (Wildman–Crippen LogP) is 3.73. The summed E-state index contributed by atoms with van der Waals surface area (Å²) < 4.78 is 6.42. The molecule has 1 aromatic carbocycles. The molecule has 3 rings (SSSR count). The number of nitrogens with one attached hydrogen (secondary N) is 2. The van der Waals surface area contributed by atoms with Crippen molar-refractivity contribution >= 4 is 10.9 Å². The summed E-state index contributed by atoms with van der Waals surface area (Å²) in [4.78, 5) is 3.65. The highest BCUT2D eigenvalue weighted by Gasteiger charge is 2.45. The molecule has 2 aromatic rings. The van der Waals surface area contributed by atoms with Crippen LogP contribution in [0, 0.1) is 5.92 Å². The molecular formula is C21H32N2O2. The molecule has 0 bridgehead atoms. The fourth-order valence-electron chi connectivity index (χ4n) is 4.58. The number of benzene rings is 1. The normalized spacial score (nSPS) is 22.7. The summed E-state index contributed by atoms with van der Waals surface area (Å²) in [6.45, 7) is 5.35. The first-order valence-corrected chi connectivity index (χ1v) is 9.67. The van der Waals surface area contributed by atoms with Gasteiger partial charge in [-0.25, -0.2) is 0 Å². The number of aliphatic hydroxyl groups is 1. The number of aliphatic hydroxyl groups excluding tert-OH is 1. The number of aromatic amines is 1. The van der Waals surface area contributed by atoms with Gasteiger partial charge < -0.3 is 20.1 Å². The van der Waals surface area contributed by atoms with E-state index in [0.717, 1.165) is 25.9 Å². The predicted molar refractivity (Wildman–Crippen MR) is 103 cm³/mol. The lowest BCUT2D eigenvalue weighted by Crippen LogP contribution is -2.49. The third-order valence-corrected chi connectivity index (χ3v) is 5.94. The number of H-pyrrole nitrogens is 1. The van der Waals surface area contributed by atoms with Gasteiger partial charge in [0.15, 0.2) is 0 Å². The molecule has 0 saturated heterocycles. The number of hydrogen-bond acceptors (Lipinski definition) is 3. The summed E-state index contributed by atoms with van der Waals surface area (Å²) in [7, 11) is 2.03. The van der Waals surface area contributed by atoms with Crippen LogP contribution < -0.4 is 5.32 Å². The highest BCUT2D eigenvalue weighted by Crippen LogP contribution is 2.44. The van der Waals surface area contributed by atoms with E-state index < -0.39 is 5.60 Å². The molecule has 3 unspecified atom stereocenters. The summed E-state index contributed by atoms with van der Waals surface area (Å²) in [5.74, 6) is 0.223. The van der Waals surface area contributed by atoms with Gasteiger partial charge in [0, 0.05) is 29.5 Å². The first-order chi connectivity index (χ1) is 12.2. The van der Waals surface area contributed by atoms with E-state index in [-0.39, 0.29) is 12.5 Å². The lowest BCUT2D eigenvalue weighted by Gasteiger charge is -2.44. The van der Waals surface area contributed by atoms with E-state index in [1.807, 2.05) is 7.05 Å². The Morgan fingerprint density at radius 2 is 2.12 bits per heavy atom. The highest BCUT2D eigenvalue weighted by molar-refractivity contribution is 5.85. The topological polar surface area (TPSA) is 57.3 Å². The molecule has 0 saturated carbocycles. The minimum Gasteiger partial charge on any atom is -0.396 e. The second-order valence-corrected chi connectivity index (χ2v) is 7.39. The van der Waals surface area contributed by atoms with E-state index >= 15 is 0 Å². The molecule has 0 aliphatic carbocycles. The Morgan fingerprint density at radius 3 is 2.84 bits per heavy atom. The van der Waals surface area contributed by atoms with Gasteiger partial charge in [0.05, 0.1) is 12.3 Å². The number of para-hydroxylation sites is 1. The summed E-state index contributed by atoms with van der Waals surface area (Å²) in [5.41, 5.74) is 3.37. The maximum atomic E-state index is 9.75. The SMILES string of the molecule is CCCCC(NC)C(CCO)C1(C)OCCc2c1[nH]c1ccccc21. The number of ether oxygens (including phenoxy) is 1. The number of aromatic nitrogens is 1. The van der Waals surface area contributed by atoms with Crippen molar-refractivity contribution in [3.63, 3.8) is 0 Å². The number of rotatable bonds is 8. The van der Waals surface area contributed by atoms with E-state index in [0.29, 0.717) is 6.04 Å². The fraction of sp³-hybridized carbons (Fsp3) is 0.619. The highest BCUT2D eigenvalue weighted by atomic mass is 16.5. The summed E-state index contributed by atoms with van der Waals surface area (Å²) in [5, 5.41) is 14.6. The fourth-order valence-corrected chi connectivity index (χ4v) is 4.58. The van der Waals surface area contributed by atoms with E-state index in [9.17, 15) is 5.11 Å². The van der Waals surface area contributed by atoms with E-state index in [1.54, 1.807) is 0 Å². The van der Waals surface area contributed by atoms with Crippen molar-refractivity contribution < 1.29 is 9.84 Å². The van der Waals surface area contributed by atoms with Crippen molar-refractivity contribution in [1.82, 2.24) is 10.3 Å². The summed E-state index contributed by atoms with van der Waals surface area (Å²) in [6, 6.07) is 8.85. The molecule has 1 aliphatic rings. The zero-order valence-corrected chi connectivity index (χ0v) is 15.8. The quantitative estimate of drug-likeness (QED) is 0.684. The Bertz CT molecular complexity index is 696. The molecule has 0 fully saturated rings. The van der Waals surface area contributed by atoms with Crippen molar-refractivity contribution in [2.75, 3.05) is 20.3 Å². The number of unbranched alkanes of at least 4 members (excludes halogenated alkanes) is 1. The Kier molecular flexibility index (Phi) is 5.82. The van der Waals surface area contributed by atoms with Crippen LogP contribution in [0.25, 0.3) is 10.9 Å². The molecule has 0 amide bonds. The standard InChI is InChI=1S/C21H32N2O2/c1-4-5-9-19(22-3)17(11-13-24)21(2)20-16(12-14-25-21)15-8-6-7-10-18(15)23-20/h6-8,10,17,19,22-24H,4-5,9,11-14H2,1-3H3. The largest absolute Gasteiger partial charge is 0.396 e. The molecule has 4 nitrogen and oxygen atoms in total. The minimum atomic E-state index is -0.406. The molecular weight excluding hydrogens is 312 g/mol. The Labute approximate surface area is 151 Å². The van der Waals surface area contributed by atoms with Crippen LogP contribution >= 0.6 is 0 Å².